The van der Waals surface area contributed by atoms with Crippen molar-refractivity contribution in [1.29, 1.82) is 0 Å². The molecule has 0 atom stereocenters. The van der Waals surface area contributed by atoms with Crippen LogP contribution in [0, 0.1) is 5.82 Å². The van der Waals surface area contributed by atoms with Crippen molar-refractivity contribution < 1.29 is 14.0 Å². The lowest BCUT2D eigenvalue weighted by Crippen LogP contribution is -2.34. The van der Waals surface area contributed by atoms with E-state index < -0.39 is 17.6 Å². The molecule has 2 amide bonds. The molecule has 144 valence electrons. The average molecular weight is 425 g/mol. The number of nitrogens with zero attached hydrogens (tertiary/aromatic N) is 2. The summed E-state index contributed by atoms with van der Waals surface area (Å²) < 4.78 is 13.6. The van der Waals surface area contributed by atoms with Gasteiger partial charge in [-0.2, -0.15) is 0 Å². The summed E-state index contributed by atoms with van der Waals surface area (Å²) in [6.07, 6.45) is 0.793. The zero-order chi connectivity index (χ0) is 20.1. The highest BCUT2D eigenvalue weighted by atomic mass is 35.5. The molecule has 2 aliphatic rings. The first-order chi connectivity index (χ1) is 14.1. The maximum Gasteiger partial charge on any atom is 0.282 e. The molecule has 0 aliphatic carbocycles. The molecule has 29 heavy (non-hydrogen) atoms. The summed E-state index contributed by atoms with van der Waals surface area (Å²) in [4.78, 5) is 30.6. The second-order valence-electron chi connectivity index (χ2n) is 6.78. The highest BCUT2D eigenvalue weighted by Crippen LogP contribution is 2.41. The molecule has 5 rings (SSSR count). The van der Waals surface area contributed by atoms with Gasteiger partial charge in [0, 0.05) is 17.1 Å². The van der Waals surface area contributed by atoms with Crippen LogP contribution < -0.4 is 9.80 Å². The van der Waals surface area contributed by atoms with Crippen LogP contribution in [0.5, 0.6) is 0 Å². The smallest absolute Gasteiger partial charge is 0.282 e. The number of anilines is 2. The van der Waals surface area contributed by atoms with Gasteiger partial charge in [-0.15, -0.1) is 11.3 Å². The van der Waals surface area contributed by atoms with Crippen molar-refractivity contribution in [2.75, 3.05) is 16.3 Å². The SMILES string of the molecule is O=C1C(c2cccs2)=C(N2CCc3ccccc32)C(=O)N1c1ccc(F)c(Cl)c1. The lowest BCUT2D eigenvalue weighted by Gasteiger charge is -2.21. The van der Waals surface area contributed by atoms with E-state index in [0.29, 0.717) is 17.8 Å². The van der Waals surface area contributed by atoms with Gasteiger partial charge >= 0.3 is 0 Å². The van der Waals surface area contributed by atoms with Crippen molar-refractivity contribution >= 4 is 51.7 Å². The molecule has 2 aliphatic heterocycles. The molecule has 0 saturated carbocycles. The highest BCUT2D eigenvalue weighted by Gasteiger charge is 2.44. The number of hydrogen-bond donors (Lipinski definition) is 0. The van der Waals surface area contributed by atoms with Crippen LogP contribution in [-0.4, -0.2) is 18.4 Å². The third kappa shape index (κ3) is 2.79. The van der Waals surface area contributed by atoms with Crippen LogP contribution in [0.2, 0.25) is 5.02 Å². The molecule has 4 nitrogen and oxygen atoms in total. The molecule has 0 spiro atoms. The van der Waals surface area contributed by atoms with E-state index in [-0.39, 0.29) is 10.7 Å². The summed E-state index contributed by atoms with van der Waals surface area (Å²) in [6.45, 7) is 0.612. The number of thiophene rings is 1. The average Bonchev–Trinajstić information content (AvgIpc) is 3.42. The van der Waals surface area contributed by atoms with Crippen LogP contribution in [-0.2, 0) is 16.0 Å². The summed E-state index contributed by atoms with van der Waals surface area (Å²) in [5.74, 6) is -1.47. The Labute approximate surface area is 175 Å². The van der Waals surface area contributed by atoms with Crippen molar-refractivity contribution in [3.05, 3.63) is 87.0 Å². The van der Waals surface area contributed by atoms with Crippen molar-refractivity contribution in [3.63, 3.8) is 0 Å². The maximum atomic E-state index is 13.6. The highest BCUT2D eigenvalue weighted by molar-refractivity contribution is 7.11. The van der Waals surface area contributed by atoms with E-state index in [4.69, 9.17) is 11.6 Å². The molecule has 0 radical (unpaired) electrons. The number of imide groups is 1. The molecule has 0 N–H and O–H groups in total. The van der Waals surface area contributed by atoms with Gasteiger partial charge in [-0.25, -0.2) is 9.29 Å². The Balaban J connectivity index is 1.67. The number of para-hydroxylation sites is 1. The van der Waals surface area contributed by atoms with Gasteiger partial charge in [-0.1, -0.05) is 35.9 Å². The first-order valence-corrected chi connectivity index (χ1v) is 10.3. The first kappa shape index (κ1) is 18.1. The number of fused-ring (bicyclic) bond motifs is 1. The Bertz CT molecular complexity index is 1190. The Morgan fingerprint density at radius 3 is 2.59 bits per heavy atom. The third-order valence-electron chi connectivity index (χ3n) is 5.15. The van der Waals surface area contributed by atoms with Gasteiger partial charge in [0.15, 0.2) is 0 Å². The molecule has 3 aromatic rings. The van der Waals surface area contributed by atoms with E-state index in [1.807, 2.05) is 46.7 Å². The molecular formula is C22H14ClFN2O2S. The molecule has 1 aromatic heterocycles. The van der Waals surface area contributed by atoms with E-state index >= 15 is 0 Å². The van der Waals surface area contributed by atoms with Crippen molar-refractivity contribution in [3.8, 4) is 0 Å². The molecule has 0 bridgehead atoms. The van der Waals surface area contributed by atoms with Gasteiger partial charge in [-0.3, -0.25) is 9.59 Å². The summed E-state index contributed by atoms with van der Waals surface area (Å²) in [5, 5.41) is 1.73. The van der Waals surface area contributed by atoms with E-state index in [1.165, 1.54) is 23.5 Å². The predicted molar refractivity (Wildman–Crippen MR) is 113 cm³/mol. The predicted octanol–water partition coefficient (Wildman–Crippen LogP) is 4.89. The van der Waals surface area contributed by atoms with Gasteiger partial charge in [0.2, 0.25) is 0 Å². The fourth-order valence-corrected chi connectivity index (χ4v) is 4.78. The molecule has 0 unspecified atom stereocenters. The Hall–Kier alpha value is -2.96. The normalized spacial score (nSPS) is 16.2. The van der Waals surface area contributed by atoms with E-state index in [1.54, 1.807) is 0 Å². The maximum absolute atomic E-state index is 13.6. The number of amides is 2. The number of halogens is 2. The molecule has 2 aromatic carbocycles. The lowest BCUT2D eigenvalue weighted by molar-refractivity contribution is -0.120. The van der Waals surface area contributed by atoms with E-state index in [2.05, 4.69) is 0 Å². The Kier molecular flexibility index (Phi) is 4.26. The minimum Gasteiger partial charge on any atom is -0.336 e. The zero-order valence-electron chi connectivity index (χ0n) is 15.1. The van der Waals surface area contributed by atoms with Crippen molar-refractivity contribution in [1.82, 2.24) is 0 Å². The number of carbonyl (C=O) groups excluding carboxylic acids is 2. The molecule has 0 fully saturated rings. The van der Waals surface area contributed by atoms with Crippen LogP contribution in [0.1, 0.15) is 10.4 Å². The fraction of sp³-hybridized carbons (Fsp3) is 0.0909. The molecule has 3 heterocycles. The number of hydrogen-bond acceptors (Lipinski definition) is 4. The van der Waals surface area contributed by atoms with Gasteiger partial charge in [0.05, 0.1) is 16.3 Å². The topological polar surface area (TPSA) is 40.6 Å². The molecule has 7 heteroatoms. The first-order valence-electron chi connectivity index (χ1n) is 9.03. The van der Waals surface area contributed by atoms with E-state index in [0.717, 1.165) is 33.5 Å². The van der Waals surface area contributed by atoms with Gasteiger partial charge in [0.1, 0.15) is 11.5 Å². The second kappa shape index (κ2) is 6.83. The third-order valence-corrected chi connectivity index (χ3v) is 6.32. The molecule has 0 saturated heterocycles. The standard InChI is InChI=1S/C22H14ClFN2O2S/c23-15-12-14(7-8-16(15)24)26-21(27)19(18-6-3-11-29-18)20(22(26)28)25-10-9-13-4-1-2-5-17(13)25/h1-8,11-12H,9-10H2. The fourth-order valence-electron chi connectivity index (χ4n) is 3.84. The van der Waals surface area contributed by atoms with Crippen LogP contribution in [0.4, 0.5) is 15.8 Å². The monoisotopic (exact) mass is 424 g/mol. The van der Waals surface area contributed by atoms with Gasteiger partial charge in [-0.05, 0) is 47.7 Å². The minimum atomic E-state index is -0.602. The number of carbonyl (C=O) groups is 2. The van der Waals surface area contributed by atoms with Gasteiger partial charge in [0.25, 0.3) is 11.8 Å². The minimum absolute atomic E-state index is 0.138. The summed E-state index contributed by atoms with van der Waals surface area (Å²) in [6, 6.07) is 15.4. The van der Waals surface area contributed by atoms with Crippen LogP contribution in [0.3, 0.4) is 0 Å². The Morgan fingerprint density at radius 1 is 1.00 bits per heavy atom. The lowest BCUT2D eigenvalue weighted by atomic mass is 10.1. The molecular weight excluding hydrogens is 411 g/mol. The van der Waals surface area contributed by atoms with Crippen LogP contribution in [0.15, 0.2) is 65.7 Å². The number of rotatable bonds is 3. The largest absolute Gasteiger partial charge is 0.336 e. The van der Waals surface area contributed by atoms with Crippen molar-refractivity contribution in [2.45, 2.75) is 6.42 Å². The number of benzene rings is 2. The van der Waals surface area contributed by atoms with Crippen molar-refractivity contribution in [2.24, 2.45) is 0 Å². The quantitative estimate of drug-likeness (QED) is 0.562. The van der Waals surface area contributed by atoms with Crippen LogP contribution in [0.25, 0.3) is 5.57 Å². The summed E-state index contributed by atoms with van der Waals surface area (Å²) in [5.41, 5.74) is 3.03. The zero-order valence-corrected chi connectivity index (χ0v) is 16.6. The van der Waals surface area contributed by atoms with Crippen LogP contribution >= 0.6 is 22.9 Å². The summed E-state index contributed by atoms with van der Waals surface area (Å²) in [7, 11) is 0. The van der Waals surface area contributed by atoms with Gasteiger partial charge < -0.3 is 4.90 Å². The second-order valence-corrected chi connectivity index (χ2v) is 8.13. The summed E-state index contributed by atoms with van der Waals surface area (Å²) >= 11 is 7.31. The Morgan fingerprint density at radius 2 is 1.83 bits per heavy atom. The van der Waals surface area contributed by atoms with E-state index in [9.17, 15) is 14.0 Å².